The van der Waals surface area contributed by atoms with Gasteiger partial charge in [0.2, 0.25) is 5.91 Å². The Morgan fingerprint density at radius 3 is 3.17 bits per heavy atom. The molecule has 3 rings (SSSR count). The second kappa shape index (κ2) is 6.29. The summed E-state index contributed by atoms with van der Waals surface area (Å²) in [6, 6.07) is 6.13. The molecule has 3 heterocycles. The summed E-state index contributed by atoms with van der Waals surface area (Å²) >= 11 is 0. The van der Waals surface area contributed by atoms with Crippen LogP contribution in [0.5, 0.6) is 0 Å². The average Bonchev–Trinajstić information content (AvgIpc) is 3.03. The number of hydrogen-bond acceptors (Lipinski definition) is 4. The highest BCUT2D eigenvalue weighted by atomic mass is 16.2. The minimum atomic E-state index is -0.0781. The molecule has 23 heavy (non-hydrogen) atoms. The van der Waals surface area contributed by atoms with Crippen molar-refractivity contribution in [3.63, 3.8) is 0 Å². The van der Waals surface area contributed by atoms with Gasteiger partial charge in [-0.2, -0.15) is 5.26 Å². The monoisotopic (exact) mass is 311 g/mol. The number of rotatable bonds is 3. The Kier molecular flexibility index (Phi) is 4.20. The molecular formula is C17H21N5O. The summed E-state index contributed by atoms with van der Waals surface area (Å²) < 4.78 is 0. The molecule has 6 nitrogen and oxygen atoms in total. The quantitative estimate of drug-likeness (QED) is 0.942. The van der Waals surface area contributed by atoms with Crippen molar-refractivity contribution in [2.45, 2.75) is 25.8 Å². The summed E-state index contributed by atoms with van der Waals surface area (Å²) in [5.74, 6) is 1.31. The van der Waals surface area contributed by atoms with E-state index in [9.17, 15) is 4.79 Å². The SMILES string of the molecule is C[C@@H]1CCN(C(=O)CC#N)C[C@@H]1N(C)c1nccc2[nH]ccc12. The van der Waals surface area contributed by atoms with E-state index in [-0.39, 0.29) is 18.4 Å². The second-order valence-corrected chi connectivity index (χ2v) is 6.19. The number of carbonyl (C=O) groups is 1. The van der Waals surface area contributed by atoms with E-state index in [4.69, 9.17) is 5.26 Å². The van der Waals surface area contributed by atoms with E-state index in [0.29, 0.717) is 12.5 Å². The van der Waals surface area contributed by atoms with Gasteiger partial charge in [0.25, 0.3) is 0 Å². The van der Waals surface area contributed by atoms with E-state index in [0.717, 1.165) is 29.7 Å². The lowest BCUT2D eigenvalue weighted by Crippen LogP contribution is -2.52. The standard InChI is InChI=1S/C17H21N5O/c1-12-6-10-22(16(23)3-7-18)11-15(12)21(2)17-13-4-8-19-14(13)5-9-20-17/h4-5,8-9,12,15,19H,3,6,10-11H2,1-2H3/t12-,15+/m1/s1. The van der Waals surface area contributed by atoms with Crippen LogP contribution in [0.15, 0.2) is 24.5 Å². The molecule has 1 amide bonds. The van der Waals surface area contributed by atoms with E-state index in [1.165, 1.54) is 0 Å². The Balaban J connectivity index is 1.85. The number of nitrogens with one attached hydrogen (secondary N) is 1. The minimum Gasteiger partial charge on any atom is -0.361 e. The fourth-order valence-electron chi connectivity index (χ4n) is 3.36. The highest BCUT2D eigenvalue weighted by Crippen LogP contribution is 2.29. The second-order valence-electron chi connectivity index (χ2n) is 6.19. The van der Waals surface area contributed by atoms with E-state index in [1.54, 1.807) is 6.20 Å². The van der Waals surface area contributed by atoms with Crippen molar-refractivity contribution in [2.24, 2.45) is 5.92 Å². The summed E-state index contributed by atoms with van der Waals surface area (Å²) in [6.45, 7) is 3.58. The zero-order chi connectivity index (χ0) is 16.4. The summed E-state index contributed by atoms with van der Waals surface area (Å²) in [6.07, 6.45) is 4.61. The first kappa shape index (κ1) is 15.3. The van der Waals surface area contributed by atoms with Crippen molar-refractivity contribution in [1.82, 2.24) is 14.9 Å². The van der Waals surface area contributed by atoms with Gasteiger partial charge in [0.15, 0.2) is 0 Å². The topological polar surface area (TPSA) is 76.0 Å². The van der Waals surface area contributed by atoms with Gasteiger partial charge in [0.05, 0.1) is 17.6 Å². The zero-order valence-corrected chi connectivity index (χ0v) is 13.5. The molecule has 1 N–H and O–H groups in total. The third-order valence-corrected chi connectivity index (χ3v) is 4.79. The van der Waals surface area contributed by atoms with Gasteiger partial charge in [-0.25, -0.2) is 4.98 Å². The first-order valence-corrected chi connectivity index (χ1v) is 7.91. The molecule has 1 aliphatic heterocycles. The van der Waals surface area contributed by atoms with Gasteiger partial charge < -0.3 is 14.8 Å². The van der Waals surface area contributed by atoms with Crippen LogP contribution in [0.25, 0.3) is 10.9 Å². The summed E-state index contributed by atoms with van der Waals surface area (Å²) in [5.41, 5.74) is 1.06. The molecule has 0 aromatic carbocycles. The van der Waals surface area contributed by atoms with Crippen LogP contribution >= 0.6 is 0 Å². The maximum absolute atomic E-state index is 12.0. The number of H-pyrrole nitrogens is 1. The van der Waals surface area contributed by atoms with Crippen molar-refractivity contribution in [2.75, 3.05) is 25.0 Å². The highest BCUT2D eigenvalue weighted by molar-refractivity contribution is 5.90. The maximum atomic E-state index is 12.0. The molecule has 1 fully saturated rings. The van der Waals surface area contributed by atoms with Gasteiger partial charge in [0, 0.05) is 37.9 Å². The predicted octanol–water partition coefficient (Wildman–Crippen LogP) is 2.15. The molecule has 1 saturated heterocycles. The molecule has 1 aliphatic rings. The number of aromatic nitrogens is 2. The van der Waals surface area contributed by atoms with Crippen molar-refractivity contribution in [3.05, 3.63) is 24.5 Å². The molecule has 0 radical (unpaired) electrons. The molecule has 0 aliphatic carbocycles. The van der Waals surface area contributed by atoms with Gasteiger partial charge >= 0.3 is 0 Å². The smallest absolute Gasteiger partial charge is 0.236 e. The number of aromatic amines is 1. The molecule has 0 saturated carbocycles. The van der Waals surface area contributed by atoms with Gasteiger partial charge in [0.1, 0.15) is 12.2 Å². The van der Waals surface area contributed by atoms with Gasteiger partial charge in [-0.3, -0.25) is 4.79 Å². The van der Waals surface area contributed by atoms with E-state index >= 15 is 0 Å². The first-order chi connectivity index (χ1) is 11.1. The molecule has 0 spiro atoms. The van der Waals surface area contributed by atoms with Gasteiger partial charge in [-0.05, 0) is 24.5 Å². The molecule has 2 atom stereocenters. The Bertz CT molecular complexity index is 747. The van der Waals surface area contributed by atoms with Crippen molar-refractivity contribution in [3.8, 4) is 6.07 Å². The van der Waals surface area contributed by atoms with Gasteiger partial charge in [-0.15, -0.1) is 0 Å². The van der Waals surface area contributed by atoms with Crippen LogP contribution in [-0.2, 0) is 4.79 Å². The van der Waals surface area contributed by atoms with Crippen molar-refractivity contribution in [1.29, 1.82) is 5.26 Å². The number of nitrogens with zero attached hydrogens (tertiary/aromatic N) is 4. The van der Waals surface area contributed by atoms with Crippen molar-refractivity contribution >= 4 is 22.6 Å². The Hall–Kier alpha value is -2.55. The molecule has 2 aromatic heterocycles. The lowest BCUT2D eigenvalue weighted by molar-refractivity contribution is -0.131. The zero-order valence-electron chi connectivity index (χ0n) is 13.5. The molecular weight excluding hydrogens is 290 g/mol. The number of piperidine rings is 1. The predicted molar refractivity (Wildman–Crippen MR) is 88.9 cm³/mol. The summed E-state index contributed by atoms with van der Waals surface area (Å²) in [5, 5.41) is 9.83. The third kappa shape index (κ3) is 2.87. The van der Waals surface area contributed by atoms with Gasteiger partial charge in [-0.1, -0.05) is 6.92 Å². The third-order valence-electron chi connectivity index (χ3n) is 4.79. The number of pyridine rings is 1. The summed E-state index contributed by atoms with van der Waals surface area (Å²) in [4.78, 5) is 23.8. The number of likely N-dealkylation sites (tertiary alicyclic amines) is 1. The fourth-order valence-corrected chi connectivity index (χ4v) is 3.36. The normalized spacial score (nSPS) is 21.2. The Morgan fingerprint density at radius 1 is 1.57 bits per heavy atom. The lowest BCUT2D eigenvalue weighted by atomic mass is 9.92. The van der Waals surface area contributed by atoms with Crippen LogP contribution in [0, 0.1) is 17.2 Å². The number of anilines is 1. The van der Waals surface area contributed by atoms with E-state index in [2.05, 4.69) is 21.8 Å². The average molecular weight is 311 g/mol. The summed E-state index contributed by atoms with van der Waals surface area (Å²) in [7, 11) is 2.04. The lowest BCUT2D eigenvalue weighted by Gasteiger charge is -2.42. The number of carbonyl (C=O) groups excluding carboxylic acids is 1. The highest BCUT2D eigenvalue weighted by Gasteiger charge is 2.32. The molecule has 120 valence electrons. The van der Waals surface area contributed by atoms with Crippen LogP contribution in [-0.4, -0.2) is 47.0 Å². The van der Waals surface area contributed by atoms with E-state index < -0.39 is 0 Å². The largest absolute Gasteiger partial charge is 0.361 e. The maximum Gasteiger partial charge on any atom is 0.236 e. The number of hydrogen-bond donors (Lipinski definition) is 1. The number of likely N-dealkylation sites (N-methyl/N-ethyl adjacent to an activating group) is 1. The Labute approximate surface area is 135 Å². The molecule has 0 bridgehead atoms. The first-order valence-electron chi connectivity index (χ1n) is 7.91. The molecule has 6 heteroatoms. The van der Waals surface area contributed by atoms with E-state index in [1.807, 2.05) is 36.3 Å². The number of nitriles is 1. The number of amides is 1. The minimum absolute atomic E-state index is 0.0452. The van der Waals surface area contributed by atoms with Crippen LogP contribution in [0.1, 0.15) is 19.8 Å². The van der Waals surface area contributed by atoms with Crippen LogP contribution < -0.4 is 4.90 Å². The fraction of sp³-hybridized carbons (Fsp3) is 0.471. The van der Waals surface area contributed by atoms with Crippen LogP contribution in [0.4, 0.5) is 5.82 Å². The van der Waals surface area contributed by atoms with Crippen LogP contribution in [0.3, 0.4) is 0 Å². The number of fused-ring (bicyclic) bond motifs is 1. The Morgan fingerprint density at radius 2 is 2.39 bits per heavy atom. The molecule has 0 unspecified atom stereocenters. The van der Waals surface area contributed by atoms with Crippen LogP contribution in [0.2, 0.25) is 0 Å². The molecule has 2 aromatic rings. The van der Waals surface area contributed by atoms with Crippen molar-refractivity contribution < 1.29 is 4.79 Å².